The van der Waals surface area contributed by atoms with Crippen LogP contribution in [-0.2, 0) is 0 Å². The lowest BCUT2D eigenvalue weighted by atomic mass is 10.1. The molecular weight excluding hydrogens is 204 g/mol. The number of carbonyl (C=O) groups is 1. The Bertz CT molecular complexity index is 364. The van der Waals surface area contributed by atoms with E-state index < -0.39 is 6.10 Å². The second kappa shape index (κ2) is 5.61. The molecule has 0 aliphatic heterocycles. The molecule has 0 bridgehead atoms. The zero-order valence-corrected chi connectivity index (χ0v) is 9.90. The van der Waals surface area contributed by atoms with Crippen LogP contribution < -0.4 is 5.32 Å². The summed E-state index contributed by atoms with van der Waals surface area (Å²) in [6.45, 7) is 5.42. The molecule has 0 spiro atoms. The van der Waals surface area contributed by atoms with E-state index in [-0.39, 0.29) is 11.9 Å². The summed E-state index contributed by atoms with van der Waals surface area (Å²) in [5.41, 5.74) is 1.42. The van der Waals surface area contributed by atoms with Crippen molar-refractivity contribution in [2.75, 3.05) is 0 Å². The number of carbonyl (C=O) groups excluding carboxylic acids is 1. The van der Waals surface area contributed by atoms with Crippen LogP contribution in [0.25, 0.3) is 0 Å². The van der Waals surface area contributed by atoms with Crippen molar-refractivity contribution in [1.82, 2.24) is 10.3 Å². The van der Waals surface area contributed by atoms with Gasteiger partial charge in [0.2, 0.25) is 0 Å². The van der Waals surface area contributed by atoms with Gasteiger partial charge in [0.1, 0.15) is 0 Å². The van der Waals surface area contributed by atoms with Gasteiger partial charge >= 0.3 is 0 Å². The fourth-order valence-corrected chi connectivity index (χ4v) is 1.56. The van der Waals surface area contributed by atoms with Crippen LogP contribution >= 0.6 is 0 Å². The van der Waals surface area contributed by atoms with Crippen LogP contribution in [0.15, 0.2) is 18.3 Å². The van der Waals surface area contributed by atoms with Crippen molar-refractivity contribution >= 4 is 5.91 Å². The Morgan fingerprint density at radius 3 is 2.81 bits per heavy atom. The molecule has 0 saturated carbocycles. The lowest BCUT2D eigenvalue weighted by Gasteiger charge is -2.15. The molecule has 1 aromatic heterocycles. The molecule has 88 valence electrons. The minimum atomic E-state index is -0.408. The van der Waals surface area contributed by atoms with Crippen molar-refractivity contribution in [3.05, 3.63) is 29.6 Å². The molecule has 1 rings (SSSR count). The zero-order chi connectivity index (χ0) is 12.1. The minimum Gasteiger partial charge on any atom is -0.393 e. The maximum absolute atomic E-state index is 11.8. The molecule has 4 heteroatoms. The van der Waals surface area contributed by atoms with Gasteiger partial charge < -0.3 is 10.4 Å². The predicted octanol–water partition coefficient (Wildman–Crippen LogP) is 1.28. The highest BCUT2D eigenvalue weighted by Crippen LogP contribution is 2.03. The molecule has 0 radical (unpaired) electrons. The molecule has 4 nitrogen and oxygen atoms in total. The van der Waals surface area contributed by atoms with Gasteiger partial charge in [-0.1, -0.05) is 0 Å². The molecule has 0 fully saturated rings. The van der Waals surface area contributed by atoms with E-state index in [0.29, 0.717) is 12.0 Å². The third kappa shape index (κ3) is 3.98. The van der Waals surface area contributed by atoms with Gasteiger partial charge in [-0.05, 0) is 39.3 Å². The summed E-state index contributed by atoms with van der Waals surface area (Å²) >= 11 is 0. The van der Waals surface area contributed by atoms with Crippen molar-refractivity contribution in [2.45, 2.75) is 39.3 Å². The van der Waals surface area contributed by atoms with Crippen molar-refractivity contribution in [3.8, 4) is 0 Å². The van der Waals surface area contributed by atoms with E-state index in [1.807, 2.05) is 13.8 Å². The Balaban J connectivity index is 2.59. The predicted molar refractivity (Wildman–Crippen MR) is 62.2 cm³/mol. The SMILES string of the molecule is Cc1cc(C(=O)NC(C)CC(C)O)ccn1. The summed E-state index contributed by atoms with van der Waals surface area (Å²) in [6.07, 6.45) is 1.76. The van der Waals surface area contributed by atoms with Gasteiger partial charge in [0.25, 0.3) is 5.91 Å². The third-order valence-corrected chi connectivity index (χ3v) is 2.23. The van der Waals surface area contributed by atoms with Gasteiger partial charge in [0.05, 0.1) is 6.10 Å². The molecule has 1 heterocycles. The molecule has 2 atom stereocenters. The number of amides is 1. The number of aromatic nitrogens is 1. The number of aliphatic hydroxyl groups excluding tert-OH is 1. The summed E-state index contributed by atoms with van der Waals surface area (Å²) in [6, 6.07) is 3.38. The smallest absolute Gasteiger partial charge is 0.251 e. The Kier molecular flexibility index (Phi) is 4.43. The molecule has 0 aromatic carbocycles. The number of rotatable bonds is 4. The van der Waals surface area contributed by atoms with Crippen LogP contribution in [0, 0.1) is 6.92 Å². The third-order valence-electron chi connectivity index (χ3n) is 2.23. The summed E-state index contributed by atoms with van der Waals surface area (Å²) in [7, 11) is 0. The van der Waals surface area contributed by atoms with Crippen LogP contribution in [0.1, 0.15) is 36.3 Å². The summed E-state index contributed by atoms with van der Waals surface area (Å²) < 4.78 is 0. The normalized spacial score (nSPS) is 14.2. The molecule has 16 heavy (non-hydrogen) atoms. The zero-order valence-electron chi connectivity index (χ0n) is 9.90. The number of pyridine rings is 1. The highest BCUT2D eigenvalue weighted by atomic mass is 16.3. The van der Waals surface area contributed by atoms with Crippen LogP contribution in [0.4, 0.5) is 0 Å². The van der Waals surface area contributed by atoms with Crippen LogP contribution in [0.5, 0.6) is 0 Å². The first-order valence-corrected chi connectivity index (χ1v) is 5.40. The van der Waals surface area contributed by atoms with E-state index >= 15 is 0 Å². The lowest BCUT2D eigenvalue weighted by molar-refractivity contribution is 0.0923. The largest absolute Gasteiger partial charge is 0.393 e. The summed E-state index contributed by atoms with van der Waals surface area (Å²) in [4.78, 5) is 15.8. The van der Waals surface area contributed by atoms with E-state index in [2.05, 4.69) is 10.3 Å². The average molecular weight is 222 g/mol. The molecule has 2 N–H and O–H groups in total. The number of nitrogens with one attached hydrogen (secondary N) is 1. The number of hydrogen-bond acceptors (Lipinski definition) is 3. The Morgan fingerprint density at radius 1 is 1.56 bits per heavy atom. The van der Waals surface area contributed by atoms with Crippen LogP contribution in [0.3, 0.4) is 0 Å². The van der Waals surface area contributed by atoms with Gasteiger partial charge in [-0.2, -0.15) is 0 Å². The van der Waals surface area contributed by atoms with Crippen LogP contribution in [0.2, 0.25) is 0 Å². The van der Waals surface area contributed by atoms with E-state index in [4.69, 9.17) is 0 Å². The first-order chi connectivity index (χ1) is 7.49. The molecule has 1 aromatic rings. The topological polar surface area (TPSA) is 62.2 Å². The number of hydrogen-bond donors (Lipinski definition) is 2. The minimum absolute atomic E-state index is 0.0408. The standard InChI is InChI=1S/C12H18N2O2/c1-8-7-11(4-5-13-8)12(16)14-9(2)6-10(3)15/h4-5,7,9-10,15H,6H2,1-3H3,(H,14,16). The van der Waals surface area contributed by atoms with Crippen molar-refractivity contribution in [1.29, 1.82) is 0 Å². The lowest BCUT2D eigenvalue weighted by Crippen LogP contribution is -2.34. The van der Waals surface area contributed by atoms with Gasteiger partial charge in [0.15, 0.2) is 0 Å². The van der Waals surface area contributed by atoms with Crippen molar-refractivity contribution in [3.63, 3.8) is 0 Å². The first-order valence-electron chi connectivity index (χ1n) is 5.40. The number of aryl methyl sites for hydroxylation is 1. The fourth-order valence-electron chi connectivity index (χ4n) is 1.56. The molecule has 1 amide bonds. The monoisotopic (exact) mass is 222 g/mol. The van der Waals surface area contributed by atoms with Crippen LogP contribution in [-0.4, -0.2) is 28.1 Å². The first kappa shape index (κ1) is 12.6. The van der Waals surface area contributed by atoms with Crippen molar-refractivity contribution in [2.24, 2.45) is 0 Å². The van der Waals surface area contributed by atoms with E-state index in [9.17, 15) is 9.90 Å². The molecule has 0 aliphatic carbocycles. The Hall–Kier alpha value is -1.42. The molecule has 0 saturated heterocycles. The highest BCUT2D eigenvalue weighted by Gasteiger charge is 2.11. The molecule has 0 aliphatic rings. The quantitative estimate of drug-likeness (QED) is 0.806. The molecule has 2 unspecified atom stereocenters. The van der Waals surface area contributed by atoms with Crippen molar-refractivity contribution < 1.29 is 9.90 Å². The van der Waals surface area contributed by atoms with Gasteiger partial charge in [-0.3, -0.25) is 9.78 Å². The van der Waals surface area contributed by atoms with Gasteiger partial charge in [0, 0.05) is 23.5 Å². The summed E-state index contributed by atoms with van der Waals surface area (Å²) in [5, 5.41) is 12.0. The fraction of sp³-hybridized carbons (Fsp3) is 0.500. The Labute approximate surface area is 95.7 Å². The van der Waals surface area contributed by atoms with E-state index in [0.717, 1.165) is 5.69 Å². The summed E-state index contributed by atoms with van der Waals surface area (Å²) in [5.74, 6) is -0.126. The number of aliphatic hydroxyl groups is 1. The average Bonchev–Trinajstić information content (AvgIpc) is 2.16. The maximum Gasteiger partial charge on any atom is 0.251 e. The number of nitrogens with zero attached hydrogens (tertiary/aromatic N) is 1. The Morgan fingerprint density at radius 2 is 2.25 bits per heavy atom. The van der Waals surface area contributed by atoms with E-state index in [1.165, 1.54) is 0 Å². The van der Waals surface area contributed by atoms with Gasteiger partial charge in [-0.15, -0.1) is 0 Å². The maximum atomic E-state index is 11.8. The van der Waals surface area contributed by atoms with E-state index in [1.54, 1.807) is 25.3 Å². The second-order valence-corrected chi connectivity index (χ2v) is 4.15. The highest BCUT2D eigenvalue weighted by molar-refractivity contribution is 5.94. The second-order valence-electron chi connectivity index (χ2n) is 4.15. The van der Waals surface area contributed by atoms with Gasteiger partial charge in [-0.25, -0.2) is 0 Å². The molecular formula is C12H18N2O2.